The molecule has 7 rings (SSSR count). The fourth-order valence-corrected chi connectivity index (χ4v) is 9.26. The van der Waals surface area contributed by atoms with Gasteiger partial charge in [0.25, 0.3) is 0 Å². The number of fused-ring (bicyclic) bond motifs is 3. The zero-order chi connectivity index (χ0) is 41.1. The number of benzene rings is 1. The molecule has 2 aromatic heterocycles. The predicted octanol–water partition coefficient (Wildman–Crippen LogP) is 6.59. The van der Waals surface area contributed by atoms with Gasteiger partial charge < -0.3 is 40.2 Å². The molecule has 0 bridgehead atoms. The van der Waals surface area contributed by atoms with Gasteiger partial charge in [-0.1, -0.05) is 38.8 Å². The van der Waals surface area contributed by atoms with Crippen LogP contribution in [0.15, 0.2) is 40.2 Å². The summed E-state index contributed by atoms with van der Waals surface area (Å²) in [4.78, 5) is 77.9. The number of methoxy groups -OCH3 is 1. The Labute approximate surface area is 348 Å². The highest BCUT2D eigenvalue weighted by Crippen LogP contribution is 2.46. The molecule has 310 valence electrons. The van der Waals surface area contributed by atoms with E-state index in [1.54, 1.807) is 44.5 Å². The summed E-state index contributed by atoms with van der Waals surface area (Å²) in [5, 5.41) is 21.5. The van der Waals surface area contributed by atoms with Gasteiger partial charge in [-0.15, -0.1) is 11.3 Å². The number of amides is 4. The van der Waals surface area contributed by atoms with Gasteiger partial charge in [0.05, 0.1) is 29.3 Å². The monoisotopic (exact) mass is 880 g/mol. The maximum Gasteiger partial charge on any atom is 0.408 e. The molecule has 3 aromatic rings. The maximum absolute atomic E-state index is 14.6. The number of nitrogens with zero attached hydrogens (tertiary/aromatic N) is 3. The number of pyridine rings is 1. The van der Waals surface area contributed by atoms with Crippen LogP contribution in [0.1, 0.15) is 84.5 Å². The average Bonchev–Trinajstić information content (AvgIpc) is 3.62. The number of aliphatic carboxylic acids is 1. The van der Waals surface area contributed by atoms with Crippen LogP contribution in [0.4, 0.5) is 9.93 Å². The SMILES string of the molecule is COc1ccc2c(O[C@@H]3C[C@H]4C(=O)N[C@]5(C(=O)O)CC5/C=C\CCCCC[C@H](NC(=O)OC5CCCC5)C(=O)N4C3)cc(-c3csc(NC(=O)C(C)C)n3)nc2c1Br. The molecule has 1 unspecified atom stereocenters. The van der Waals surface area contributed by atoms with Gasteiger partial charge in [-0.05, 0) is 79.4 Å². The molecule has 17 heteroatoms. The van der Waals surface area contributed by atoms with Gasteiger partial charge >= 0.3 is 12.1 Å². The zero-order valence-electron chi connectivity index (χ0n) is 32.8. The van der Waals surface area contributed by atoms with Gasteiger partial charge in [0.15, 0.2) is 5.13 Å². The zero-order valence-corrected chi connectivity index (χ0v) is 35.2. The minimum atomic E-state index is -1.48. The van der Waals surface area contributed by atoms with Crippen LogP contribution in [-0.2, 0) is 23.9 Å². The van der Waals surface area contributed by atoms with Crippen LogP contribution in [0.25, 0.3) is 22.3 Å². The number of carbonyl (C=O) groups excluding carboxylic acids is 4. The van der Waals surface area contributed by atoms with Crippen molar-refractivity contribution in [3.8, 4) is 22.9 Å². The average molecular weight is 882 g/mol. The van der Waals surface area contributed by atoms with Crippen molar-refractivity contribution in [2.45, 2.75) is 114 Å². The van der Waals surface area contributed by atoms with Gasteiger partial charge in [-0.25, -0.2) is 19.6 Å². The molecule has 15 nitrogen and oxygen atoms in total. The van der Waals surface area contributed by atoms with Crippen molar-refractivity contribution < 1.29 is 43.3 Å². The first-order valence-electron chi connectivity index (χ1n) is 20.0. The summed E-state index contributed by atoms with van der Waals surface area (Å²) in [5.41, 5.74) is -0.0342. The number of hydrogen-bond acceptors (Lipinski definition) is 11. The van der Waals surface area contributed by atoms with Gasteiger partial charge in [-0.3, -0.25) is 14.4 Å². The Morgan fingerprint density at radius 1 is 1.03 bits per heavy atom. The van der Waals surface area contributed by atoms with Gasteiger partial charge in [0.2, 0.25) is 17.7 Å². The molecule has 5 atom stereocenters. The number of anilines is 1. The predicted molar refractivity (Wildman–Crippen MR) is 220 cm³/mol. The summed E-state index contributed by atoms with van der Waals surface area (Å²) >= 11 is 4.89. The minimum absolute atomic E-state index is 0.0191. The lowest BCUT2D eigenvalue weighted by atomic mass is 10.0. The van der Waals surface area contributed by atoms with E-state index in [2.05, 4.69) is 36.9 Å². The summed E-state index contributed by atoms with van der Waals surface area (Å²) < 4.78 is 18.5. The van der Waals surface area contributed by atoms with Gasteiger partial charge in [-0.2, -0.15) is 0 Å². The first kappa shape index (κ1) is 41.4. The molecular formula is C41H49BrN6O9S. The molecule has 0 spiro atoms. The Morgan fingerprint density at radius 3 is 2.55 bits per heavy atom. The number of hydrogen-bond donors (Lipinski definition) is 4. The lowest BCUT2D eigenvalue weighted by molar-refractivity contribution is -0.145. The van der Waals surface area contributed by atoms with E-state index in [-0.39, 0.29) is 43.2 Å². The third-order valence-electron chi connectivity index (χ3n) is 11.4. The summed E-state index contributed by atoms with van der Waals surface area (Å²) in [5.74, 6) is -2.06. The second-order valence-corrected chi connectivity index (χ2v) is 17.4. The third-order valence-corrected chi connectivity index (χ3v) is 12.9. The molecule has 1 aromatic carbocycles. The number of aromatic nitrogens is 2. The topological polar surface area (TPSA) is 198 Å². The quantitative estimate of drug-likeness (QED) is 0.169. The summed E-state index contributed by atoms with van der Waals surface area (Å²) in [7, 11) is 1.55. The Hall–Kier alpha value is -4.77. The smallest absolute Gasteiger partial charge is 0.408 e. The van der Waals surface area contributed by atoms with E-state index in [4.69, 9.17) is 19.2 Å². The van der Waals surface area contributed by atoms with E-state index >= 15 is 0 Å². The third kappa shape index (κ3) is 8.94. The van der Waals surface area contributed by atoms with Crippen molar-refractivity contribution in [3.05, 3.63) is 40.2 Å². The van der Waals surface area contributed by atoms with Gasteiger partial charge in [0, 0.05) is 35.1 Å². The summed E-state index contributed by atoms with van der Waals surface area (Å²) in [6.07, 6.45) is 9.32. The Balaban J connectivity index is 1.21. The number of alkyl carbamates (subject to hydrolysis) is 1. The standard InChI is InChI=1S/C41H49BrN6O9S/c1-22(2)35(49)46-39-44-29(21-58-39)28-18-32(26-15-16-31(55-3)33(42)34(26)43-28)56-25-17-30-36(50)47-41(38(52)53)19-23(41)11-7-5-4-6-8-14-27(37(51)48(30)20-25)45-40(54)57-24-12-9-10-13-24/h7,11,15-16,18,21-25,27,30H,4-6,8-10,12-14,17,19-20H2,1-3H3,(H,45,54)(H,47,50)(H,52,53)(H,44,46,49)/b11-7-/t23?,25-,27+,30+,41-/m1/s1. The minimum Gasteiger partial charge on any atom is -0.495 e. The van der Waals surface area contributed by atoms with Crippen molar-refractivity contribution in [3.63, 3.8) is 0 Å². The molecule has 4 N–H and O–H groups in total. The molecule has 3 fully saturated rings. The van der Waals surface area contributed by atoms with Crippen molar-refractivity contribution in [1.29, 1.82) is 0 Å². The molecule has 1 saturated heterocycles. The summed E-state index contributed by atoms with van der Waals surface area (Å²) in [6.45, 7) is 3.57. The van der Waals surface area contributed by atoms with Crippen LogP contribution in [0, 0.1) is 11.8 Å². The highest BCUT2D eigenvalue weighted by molar-refractivity contribution is 9.10. The van der Waals surface area contributed by atoms with Crippen LogP contribution in [0.3, 0.4) is 0 Å². The fourth-order valence-electron chi connectivity index (χ4n) is 7.95. The highest BCUT2D eigenvalue weighted by Gasteiger charge is 2.61. The number of halogens is 1. The van der Waals surface area contributed by atoms with Crippen molar-refractivity contribution in [1.82, 2.24) is 25.5 Å². The molecule has 4 amide bonds. The van der Waals surface area contributed by atoms with Crippen molar-refractivity contribution in [2.75, 3.05) is 19.0 Å². The van der Waals surface area contributed by atoms with Crippen LogP contribution >= 0.6 is 27.3 Å². The maximum atomic E-state index is 14.6. The van der Waals surface area contributed by atoms with Crippen molar-refractivity contribution >= 4 is 73.1 Å². The van der Waals surface area contributed by atoms with E-state index in [0.717, 1.165) is 44.9 Å². The summed E-state index contributed by atoms with van der Waals surface area (Å²) in [6, 6.07) is 3.24. The first-order valence-corrected chi connectivity index (χ1v) is 21.6. The van der Waals surface area contributed by atoms with Crippen LogP contribution in [0.2, 0.25) is 0 Å². The number of nitrogens with one attached hydrogen (secondary N) is 3. The number of rotatable bonds is 9. The molecule has 0 radical (unpaired) electrons. The number of allylic oxidation sites excluding steroid dienone is 1. The molecule has 2 aliphatic carbocycles. The van der Waals surface area contributed by atoms with E-state index in [1.165, 1.54) is 16.2 Å². The van der Waals surface area contributed by atoms with Gasteiger partial charge in [0.1, 0.15) is 47.0 Å². The Bertz CT molecular complexity index is 2100. The lowest BCUT2D eigenvalue weighted by Crippen LogP contribution is -2.56. The molecule has 2 saturated carbocycles. The molecule has 4 aliphatic rings. The van der Waals surface area contributed by atoms with Crippen molar-refractivity contribution in [2.24, 2.45) is 11.8 Å². The number of carboxylic acids is 1. The van der Waals surface area contributed by atoms with E-state index in [0.29, 0.717) is 56.2 Å². The van der Waals surface area contributed by atoms with Crippen LogP contribution in [-0.4, -0.2) is 93.2 Å². The molecule has 4 heterocycles. The second-order valence-electron chi connectivity index (χ2n) is 15.8. The van der Waals surface area contributed by atoms with Crippen LogP contribution in [0.5, 0.6) is 11.5 Å². The number of carboxylic acid groups (broad SMARTS) is 1. The largest absolute Gasteiger partial charge is 0.495 e. The number of carbonyl (C=O) groups is 5. The number of ether oxygens (including phenoxy) is 3. The fraction of sp³-hybridized carbons (Fsp3) is 0.537. The second kappa shape index (κ2) is 17.6. The van der Waals surface area contributed by atoms with E-state index < -0.39 is 47.6 Å². The normalized spacial score (nSPS) is 25.8. The van der Waals surface area contributed by atoms with E-state index in [9.17, 15) is 29.1 Å². The highest BCUT2D eigenvalue weighted by atomic mass is 79.9. The van der Waals surface area contributed by atoms with Crippen LogP contribution < -0.4 is 25.4 Å². The number of thiazole rings is 1. The Morgan fingerprint density at radius 2 is 1.81 bits per heavy atom. The van der Waals surface area contributed by atoms with E-state index in [1.807, 2.05) is 12.2 Å². The first-order chi connectivity index (χ1) is 27.9. The lowest BCUT2D eigenvalue weighted by Gasteiger charge is -2.29. The Kier molecular flexibility index (Phi) is 12.6. The molecular weight excluding hydrogens is 832 g/mol. The molecule has 58 heavy (non-hydrogen) atoms. The molecule has 2 aliphatic heterocycles.